The van der Waals surface area contributed by atoms with Crippen molar-refractivity contribution in [3.8, 4) is 0 Å². The Balaban J connectivity index is 1.85. The Morgan fingerprint density at radius 3 is 2.38 bits per heavy atom. The second-order valence-corrected chi connectivity index (χ2v) is 7.10. The molecule has 2 aliphatic heterocycles. The first kappa shape index (κ1) is 16.1. The number of hydrogen-bond donors (Lipinski definition) is 0. The summed E-state index contributed by atoms with van der Waals surface area (Å²) in [6.45, 7) is 7.90. The Hall–Kier alpha value is -1.26. The summed E-state index contributed by atoms with van der Waals surface area (Å²) >= 11 is 0. The molecule has 2 saturated heterocycles. The summed E-state index contributed by atoms with van der Waals surface area (Å²) in [5.74, 6) is 0.295. The van der Waals surface area contributed by atoms with E-state index < -0.39 is 5.60 Å². The maximum absolute atomic E-state index is 12.1. The number of hydrogen-bond acceptors (Lipinski definition) is 3. The Morgan fingerprint density at radius 1 is 1.10 bits per heavy atom. The number of likely N-dealkylation sites (tertiary alicyclic amines) is 2. The molecule has 0 aromatic carbocycles. The molecular weight excluding hydrogens is 268 g/mol. The zero-order chi connectivity index (χ0) is 15.5. The van der Waals surface area contributed by atoms with E-state index in [1.165, 1.54) is 0 Å². The van der Waals surface area contributed by atoms with Gasteiger partial charge in [-0.15, -0.1) is 0 Å². The molecule has 0 aliphatic carbocycles. The van der Waals surface area contributed by atoms with Crippen LogP contribution in [0.2, 0.25) is 0 Å². The molecule has 21 heavy (non-hydrogen) atoms. The maximum atomic E-state index is 12.1. The van der Waals surface area contributed by atoms with E-state index in [0.29, 0.717) is 31.5 Å². The Morgan fingerprint density at radius 2 is 1.76 bits per heavy atom. The molecule has 0 aromatic heterocycles. The fourth-order valence-electron chi connectivity index (χ4n) is 3.08. The fraction of sp³-hybridized carbons (Fsp3) is 0.875. The molecule has 0 saturated carbocycles. The zero-order valence-electron chi connectivity index (χ0n) is 13.6. The predicted octanol–water partition coefficient (Wildman–Crippen LogP) is 2.79. The normalized spacial score (nSPS) is 22.1. The van der Waals surface area contributed by atoms with Gasteiger partial charge in [-0.1, -0.05) is 6.42 Å². The summed E-state index contributed by atoms with van der Waals surface area (Å²) < 4.78 is 5.41. The minimum Gasteiger partial charge on any atom is -0.444 e. The lowest BCUT2D eigenvalue weighted by Gasteiger charge is -2.38. The van der Waals surface area contributed by atoms with Gasteiger partial charge in [0.05, 0.1) is 0 Å². The first-order chi connectivity index (χ1) is 9.87. The molecule has 0 radical (unpaired) electrons. The van der Waals surface area contributed by atoms with Crippen molar-refractivity contribution >= 4 is 12.0 Å². The van der Waals surface area contributed by atoms with Gasteiger partial charge in [-0.25, -0.2) is 4.79 Å². The third-order valence-electron chi connectivity index (χ3n) is 4.17. The van der Waals surface area contributed by atoms with Crippen molar-refractivity contribution in [3.05, 3.63) is 0 Å². The number of rotatable bonds is 1. The van der Waals surface area contributed by atoms with Crippen LogP contribution < -0.4 is 0 Å². The van der Waals surface area contributed by atoms with Crippen LogP contribution in [0.1, 0.15) is 59.3 Å². The molecule has 0 unspecified atom stereocenters. The van der Waals surface area contributed by atoms with Crippen molar-refractivity contribution in [2.45, 2.75) is 70.9 Å². The topological polar surface area (TPSA) is 49.9 Å². The second kappa shape index (κ2) is 6.67. The van der Waals surface area contributed by atoms with Gasteiger partial charge in [-0.05, 0) is 46.5 Å². The molecule has 5 heteroatoms. The molecule has 0 bridgehead atoms. The zero-order valence-corrected chi connectivity index (χ0v) is 13.6. The monoisotopic (exact) mass is 296 g/mol. The van der Waals surface area contributed by atoms with E-state index in [1.807, 2.05) is 20.8 Å². The van der Waals surface area contributed by atoms with Gasteiger partial charge in [0, 0.05) is 32.1 Å². The van der Waals surface area contributed by atoms with Crippen molar-refractivity contribution in [2.75, 3.05) is 19.6 Å². The maximum Gasteiger partial charge on any atom is 0.410 e. The van der Waals surface area contributed by atoms with Crippen LogP contribution in [0.15, 0.2) is 0 Å². The average molecular weight is 296 g/mol. The summed E-state index contributed by atoms with van der Waals surface area (Å²) in [4.78, 5) is 28.0. The molecule has 2 aliphatic rings. The third-order valence-corrected chi connectivity index (χ3v) is 4.17. The van der Waals surface area contributed by atoms with Crippen LogP contribution in [0.25, 0.3) is 0 Å². The van der Waals surface area contributed by atoms with Gasteiger partial charge >= 0.3 is 6.09 Å². The lowest BCUT2D eigenvalue weighted by molar-refractivity contribution is -0.133. The second-order valence-electron chi connectivity index (χ2n) is 7.10. The highest BCUT2D eigenvalue weighted by Crippen LogP contribution is 2.22. The van der Waals surface area contributed by atoms with E-state index in [0.717, 1.165) is 38.6 Å². The Bertz CT molecular complexity index is 381. The van der Waals surface area contributed by atoms with Gasteiger partial charge in [-0.2, -0.15) is 0 Å². The number of carbonyl (C=O) groups excluding carboxylic acids is 2. The number of carbonyl (C=O) groups is 2. The summed E-state index contributed by atoms with van der Waals surface area (Å²) in [6, 6.07) is 0.300. The highest BCUT2D eigenvalue weighted by Gasteiger charge is 2.31. The number of nitrogens with zero attached hydrogens (tertiary/aromatic N) is 2. The number of ether oxygens (including phenoxy) is 1. The Labute approximate surface area is 127 Å². The third kappa shape index (κ3) is 4.61. The lowest BCUT2D eigenvalue weighted by Crippen LogP contribution is -2.49. The summed E-state index contributed by atoms with van der Waals surface area (Å²) in [5.41, 5.74) is -0.450. The SMILES string of the molecule is CC(C)(C)OC(=O)N1CCC(N2CCCCCC2=O)CC1. The van der Waals surface area contributed by atoms with Crippen molar-refractivity contribution in [1.82, 2.24) is 9.80 Å². The minimum atomic E-state index is -0.450. The smallest absolute Gasteiger partial charge is 0.410 e. The summed E-state index contributed by atoms with van der Waals surface area (Å²) in [5, 5.41) is 0. The highest BCUT2D eigenvalue weighted by atomic mass is 16.6. The standard InChI is InChI=1S/C16H28N2O3/c1-16(2,3)21-15(20)17-11-8-13(9-12-17)18-10-6-4-5-7-14(18)19/h13H,4-12H2,1-3H3. The van der Waals surface area contributed by atoms with Gasteiger partial charge in [0.25, 0.3) is 0 Å². The number of amides is 2. The quantitative estimate of drug-likeness (QED) is 0.747. The highest BCUT2D eigenvalue weighted by molar-refractivity contribution is 5.76. The molecular formula is C16H28N2O3. The van der Waals surface area contributed by atoms with Crippen LogP contribution in [-0.2, 0) is 9.53 Å². The molecule has 0 spiro atoms. The molecule has 2 amide bonds. The molecule has 0 atom stereocenters. The molecule has 0 aromatic rings. The van der Waals surface area contributed by atoms with E-state index in [4.69, 9.17) is 4.74 Å². The molecule has 2 heterocycles. The van der Waals surface area contributed by atoms with Crippen molar-refractivity contribution in [3.63, 3.8) is 0 Å². The molecule has 2 rings (SSSR count). The van der Waals surface area contributed by atoms with Gasteiger partial charge in [0.1, 0.15) is 5.60 Å². The van der Waals surface area contributed by atoms with Crippen molar-refractivity contribution in [2.24, 2.45) is 0 Å². The molecule has 120 valence electrons. The van der Waals surface area contributed by atoms with Crippen LogP contribution in [0, 0.1) is 0 Å². The molecule has 2 fully saturated rings. The fourth-order valence-corrected chi connectivity index (χ4v) is 3.08. The first-order valence-corrected chi connectivity index (χ1v) is 8.14. The van der Waals surface area contributed by atoms with E-state index in [-0.39, 0.29) is 6.09 Å². The van der Waals surface area contributed by atoms with Crippen molar-refractivity contribution in [1.29, 1.82) is 0 Å². The predicted molar refractivity (Wildman–Crippen MR) is 81.0 cm³/mol. The number of piperidine rings is 1. The first-order valence-electron chi connectivity index (χ1n) is 8.14. The van der Waals surface area contributed by atoms with Crippen LogP contribution in [0.5, 0.6) is 0 Å². The van der Waals surface area contributed by atoms with Crippen LogP contribution >= 0.6 is 0 Å². The van der Waals surface area contributed by atoms with Crippen LogP contribution in [0.4, 0.5) is 4.79 Å². The summed E-state index contributed by atoms with van der Waals surface area (Å²) in [6.07, 6.45) is 5.47. The summed E-state index contributed by atoms with van der Waals surface area (Å²) in [7, 11) is 0. The van der Waals surface area contributed by atoms with Gasteiger partial charge < -0.3 is 14.5 Å². The molecule has 5 nitrogen and oxygen atoms in total. The van der Waals surface area contributed by atoms with E-state index in [2.05, 4.69) is 4.90 Å². The van der Waals surface area contributed by atoms with Gasteiger partial charge in [0.15, 0.2) is 0 Å². The van der Waals surface area contributed by atoms with E-state index >= 15 is 0 Å². The van der Waals surface area contributed by atoms with Gasteiger partial charge in [-0.3, -0.25) is 4.79 Å². The van der Waals surface area contributed by atoms with Gasteiger partial charge in [0.2, 0.25) is 5.91 Å². The minimum absolute atomic E-state index is 0.233. The van der Waals surface area contributed by atoms with Crippen molar-refractivity contribution < 1.29 is 14.3 Å². The van der Waals surface area contributed by atoms with Crippen LogP contribution in [0.3, 0.4) is 0 Å². The Kier molecular flexibility index (Phi) is 5.12. The largest absolute Gasteiger partial charge is 0.444 e. The molecule has 0 N–H and O–H groups in total. The van der Waals surface area contributed by atoms with E-state index in [1.54, 1.807) is 4.90 Å². The average Bonchev–Trinajstić information content (AvgIpc) is 2.62. The lowest BCUT2D eigenvalue weighted by atomic mass is 10.0. The van der Waals surface area contributed by atoms with E-state index in [9.17, 15) is 9.59 Å². The van der Waals surface area contributed by atoms with Crippen LogP contribution in [-0.4, -0.2) is 53.1 Å².